The highest BCUT2D eigenvalue weighted by molar-refractivity contribution is 8.05. The van der Waals surface area contributed by atoms with Crippen LogP contribution in [0.5, 0.6) is 0 Å². The summed E-state index contributed by atoms with van der Waals surface area (Å²) in [6, 6.07) is 6.37. The van der Waals surface area contributed by atoms with Crippen LogP contribution in [-0.4, -0.2) is 24.8 Å². The average molecular weight is 362 g/mol. The molecule has 25 heavy (non-hydrogen) atoms. The minimum Gasteiger partial charge on any atom is -0.372 e. The number of carbonyl (C=O) groups excluding carboxylic acids is 1. The molecule has 0 saturated heterocycles. The molecule has 1 aliphatic rings. The molecular formula is C21H28FNOS. The van der Waals surface area contributed by atoms with Crippen LogP contribution in [0.25, 0.3) is 0 Å². The highest BCUT2D eigenvalue weighted by Crippen LogP contribution is 2.39. The van der Waals surface area contributed by atoms with Gasteiger partial charge in [0.05, 0.1) is 5.03 Å². The molecule has 0 bridgehead atoms. The van der Waals surface area contributed by atoms with Crippen molar-refractivity contribution in [2.45, 2.75) is 46.5 Å². The fourth-order valence-corrected chi connectivity index (χ4v) is 4.09. The predicted octanol–water partition coefficient (Wildman–Crippen LogP) is 5.73. The van der Waals surface area contributed by atoms with Crippen molar-refractivity contribution in [3.8, 4) is 0 Å². The number of thioether (sulfide) groups is 1. The fraction of sp³-hybridized carbons (Fsp3) is 0.476. The van der Waals surface area contributed by atoms with Gasteiger partial charge in [-0.1, -0.05) is 50.2 Å². The lowest BCUT2D eigenvalue weighted by Gasteiger charge is -2.28. The van der Waals surface area contributed by atoms with Gasteiger partial charge in [0.15, 0.2) is 0 Å². The minimum absolute atomic E-state index is 0.199. The number of allylic oxidation sites excluding steroid dienone is 2. The molecule has 1 atom stereocenters. The number of rotatable bonds is 5. The molecule has 0 saturated carbocycles. The first-order valence-corrected chi connectivity index (χ1v) is 9.49. The number of halogens is 1. The number of carbonyl (C=O) groups is 1. The van der Waals surface area contributed by atoms with Crippen molar-refractivity contribution < 1.29 is 9.18 Å². The zero-order valence-electron chi connectivity index (χ0n) is 16.0. The van der Waals surface area contributed by atoms with E-state index in [-0.39, 0.29) is 17.5 Å². The zero-order valence-corrected chi connectivity index (χ0v) is 16.8. The number of Topliss-reactive ketones (excluding diaryl/α,β-unsaturated/α-hetero) is 1. The predicted molar refractivity (Wildman–Crippen MR) is 105 cm³/mol. The van der Waals surface area contributed by atoms with E-state index in [0.29, 0.717) is 6.42 Å². The smallest absolute Gasteiger partial charge is 0.145 e. The summed E-state index contributed by atoms with van der Waals surface area (Å²) in [6.45, 7) is 8.00. The lowest BCUT2D eigenvalue weighted by Crippen LogP contribution is -2.27. The van der Waals surface area contributed by atoms with Crippen LogP contribution in [-0.2, 0) is 4.79 Å². The Labute approximate surface area is 155 Å². The van der Waals surface area contributed by atoms with E-state index in [2.05, 4.69) is 31.3 Å². The van der Waals surface area contributed by atoms with Crippen molar-refractivity contribution in [3.63, 3.8) is 0 Å². The third-order valence-corrected chi connectivity index (χ3v) is 5.78. The van der Waals surface area contributed by atoms with Gasteiger partial charge in [0.2, 0.25) is 0 Å². The van der Waals surface area contributed by atoms with Gasteiger partial charge in [-0.15, -0.1) is 0 Å². The monoisotopic (exact) mass is 361 g/mol. The second kappa shape index (κ2) is 7.77. The van der Waals surface area contributed by atoms with Gasteiger partial charge in [0.25, 0.3) is 0 Å². The van der Waals surface area contributed by atoms with Crippen LogP contribution >= 0.6 is 11.8 Å². The largest absolute Gasteiger partial charge is 0.372 e. The summed E-state index contributed by atoms with van der Waals surface area (Å²) in [4.78, 5) is 15.2. The van der Waals surface area contributed by atoms with E-state index >= 15 is 0 Å². The molecule has 0 fully saturated rings. The molecule has 2 nitrogen and oxygen atoms in total. The lowest BCUT2D eigenvalue weighted by atomic mass is 9.77. The Bertz CT molecular complexity index is 696. The topological polar surface area (TPSA) is 20.3 Å². The molecule has 0 radical (unpaired) electrons. The van der Waals surface area contributed by atoms with Crippen molar-refractivity contribution in [1.82, 2.24) is 4.90 Å². The van der Waals surface area contributed by atoms with E-state index in [1.165, 1.54) is 28.3 Å². The molecular weight excluding hydrogens is 333 g/mol. The van der Waals surface area contributed by atoms with Crippen LogP contribution < -0.4 is 0 Å². The van der Waals surface area contributed by atoms with Crippen molar-refractivity contribution >= 4 is 17.5 Å². The third kappa shape index (κ3) is 4.97. The standard InChI is InChI=1S/C21H28FNOS/c1-14-11-15(13-25-20(14)23(5)6)12-18(19(24)21(2,3)4)16-7-9-17(22)10-8-16/h7-10,13,18H,11-12H2,1-6H3. The molecule has 1 aliphatic heterocycles. The van der Waals surface area contributed by atoms with Crippen molar-refractivity contribution in [2.24, 2.45) is 5.41 Å². The second-order valence-corrected chi connectivity index (χ2v) is 8.83. The molecule has 1 aromatic carbocycles. The maximum Gasteiger partial charge on any atom is 0.145 e. The summed E-state index contributed by atoms with van der Waals surface area (Å²) in [7, 11) is 4.10. The van der Waals surface area contributed by atoms with Crippen LogP contribution in [0.1, 0.15) is 52.0 Å². The highest BCUT2D eigenvalue weighted by Gasteiger charge is 2.32. The maximum atomic E-state index is 13.3. The Morgan fingerprint density at radius 3 is 2.32 bits per heavy atom. The minimum atomic E-state index is -0.429. The summed E-state index contributed by atoms with van der Waals surface area (Å²) < 4.78 is 13.3. The molecule has 0 aromatic heterocycles. The van der Waals surface area contributed by atoms with E-state index in [9.17, 15) is 9.18 Å². The van der Waals surface area contributed by atoms with Gasteiger partial charge in [-0.2, -0.15) is 0 Å². The summed E-state index contributed by atoms with van der Waals surface area (Å²) in [5.41, 5.74) is 3.06. The van der Waals surface area contributed by atoms with E-state index in [1.54, 1.807) is 23.9 Å². The van der Waals surface area contributed by atoms with Gasteiger partial charge in [-0.25, -0.2) is 4.39 Å². The van der Waals surface area contributed by atoms with Crippen molar-refractivity contribution in [3.05, 3.63) is 57.2 Å². The molecule has 2 rings (SSSR count). The zero-order chi connectivity index (χ0) is 18.8. The van der Waals surface area contributed by atoms with Crippen LogP contribution in [0.15, 0.2) is 45.8 Å². The third-order valence-electron chi connectivity index (χ3n) is 4.40. The van der Waals surface area contributed by atoms with E-state index in [1.807, 2.05) is 20.8 Å². The van der Waals surface area contributed by atoms with Gasteiger partial charge in [-0.05, 0) is 48.4 Å². The van der Waals surface area contributed by atoms with Gasteiger partial charge >= 0.3 is 0 Å². The van der Waals surface area contributed by atoms with Gasteiger partial charge in [0.1, 0.15) is 11.6 Å². The van der Waals surface area contributed by atoms with Gasteiger partial charge < -0.3 is 4.90 Å². The summed E-state index contributed by atoms with van der Waals surface area (Å²) in [6.07, 6.45) is 1.57. The summed E-state index contributed by atoms with van der Waals surface area (Å²) >= 11 is 1.72. The number of hydrogen-bond acceptors (Lipinski definition) is 3. The van der Waals surface area contributed by atoms with Gasteiger partial charge in [0, 0.05) is 25.4 Å². The summed E-state index contributed by atoms with van der Waals surface area (Å²) in [5.74, 6) is -0.307. The number of ketones is 1. The normalized spacial score (nSPS) is 16.5. The number of hydrogen-bond donors (Lipinski definition) is 0. The van der Waals surface area contributed by atoms with E-state index in [4.69, 9.17) is 0 Å². The molecule has 1 unspecified atom stereocenters. The quantitative estimate of drug-likeness (QED) is 0.668. The molecule has 0 amide bonds. The number of nitrogens with zero attached hydrogens (tertiary/aromatic N) is 1. The highest BCUT2D eigenvalue weighted by atomic mass is 32.2. The second-order valence-electron chi connectivity index (χ2n) is 7.97. The Kier molecular flexibility index (Phi) is 6.15. The average Bonchev–Trinajstić information content (AvgIpc) is 2.52. The molecule has 0 N–H and O–H groups in total. The van der Waals surface area contributed by atoms with Crippen molar-refractivity contribution in [2.75, 3.05) is 14.1 Å². The molecule has 4 heteroatoms. The Morgan fingerprint density at radius 2 is 1.84 bits per heavy atom. The van der Waals surface area contributed by atoms with Crippen LogP contribution in [0.2, 0.25) is 0 Å². The summed E-state index contributed by atoms with van der Waals surface area (Å²) in [5, 5.41) is 3.44. The molecule has 0 aliphatic carbocycles. The first kappa shape index (κ1) is 19.8. The Balaban J connectivity index is 2.26. The first-order valence-electron chi connectivity index (χ1n) is 8.61. The Morgan fingerprint density at radius 1 is 1.24 bits per heavy atom. The van der Waals surface area contributed by atoms with Crippen LogP contribution in [0.3, 0.4) is 0 Å². The van der Waals surface area contributed by atoms with E-state index < -0.39 is 5.41 Å². The fourth-order valence-electron chi connectivity index (χ4n) is 3.15. The first-order chi connectivity index (χ1) is 11.6. The molecule has 1 heterocycles. The van der Waals surface area contributed by atoms with Crippen LogP contribution in [0.4, 0.5) is 4.39 Å². The van der Waals surface area contributed by atoms with Crippen LogP contribution in [0, 0.1) is 11.2 Å². The number of benzene rings is 1. The molecule has 1 aromatic rings. The molecule has 0 spiro atoms. The maximum absolute atomic E-state index is 13.3. The van der Waals surface area contributed by atoms with Gasteiger partial charge in [-0.3, -0.25) is 4.79 Å². The van der Waals surface area contributed by atoms with Crippen molar-refractivity contribution in [1.29, 1.82) is 0 Å². The molecule has 136 valence electrons. The Hall–Kier alpha value is -1.55. The van der Waals surface area contributed by atoms with E-state index in [0.717, 1.165) is 12.0 Å². The SMILES string of the molecule is CC1=C(N(C)C)SC=C(CC(C(=O)C(C)(C)C)c2ccc(F)cc2)C1. The lowest BCUT2D eigenvalue weighted by molar-refractivity contribution is -0.127.